The molecule has 0 aromatic heterocycles. The van der Waals surface area contributed by atoms with Crippen LogP contribution in [0.3, 0.4) is 0 Å². The summed E-state index contributed by atoms with van der Waals surface area (Å²) in [5.74, 6) is 0. The van der Waals surface area contributed by atoms with Gasteiger partial charge in [-0.2, -0.15) is 5.26 Å². The van der Waals surface area contributed by atoms with Gasteiger partial charge in [0.15, 0.2) is 0 Å². The molecule has 0 saturated carbocycles. The second kappa shape index (κ2) is 5.70. The van der Waals surface area contributed by atoms with Crippen LogP contribution in [-0.2, 0) is 0 Å². The van der Waals surface area contributed by atoms with Crippen molar-refractivity contribution in [1.82, 2.24) is 0 Å². The lowest BCUT2D eigenvalue weighted by Crippen LogP contribution is -2.04. The fraction of sp³-hybridized carbons (Fsp3) is 0.444. The Morgan fingerprint density at radius 3 is 2.91 bits per heavy atom. The van der Waals surface area contributed by atoms with Crippen LogP contribution in [0.5, 0.6) is 0 Å². The normalized spacial score (nSPS) is 12.8. The highest BCUT2D eigenvalue weighted by Crippen LogP contribution is 2.06. The molecule has 60 valence electrons. The number of aliphatic hydroxyl groups excluding tert-OH is 1. The van der Waals surface area contributed by atoms with E-state index in [0.29, 0.717) is 6.42 Å². The predicted octanol–water partition coefficient (Wildman–Crippen LogP) is 1.78. The minimum atomic E-state index is -0.566. The van der Waals surface area contributed by atoms with Crippen molar-refractivity contribution in [3.8, 4) is 6.07 Å². The Morgan fingerprint density at radius 2 is 2.45 bits per heavy atom. The van der Waals surface area contributed by atoms with E-state index in [0.717, 1.165) is 5.57 Å². The molecule has 0 aromatic carbocycles. The fourth-order valence-electron chi connectivity index (χ4n) is 0.784. The van der Waals surface area contributed by atoms with Crippen LogP contribution in [0.1, 0.15) is 19.8 Å². The largest absolute Gasteiger partial charge is 0.392 e. The lowest BCUT2D eigenvalue weighted by atomic mass is 10.1. The molecule has 2 heteroatoms. The standard InChI is InChI=1S/C9H13NO/c1-3-4-8(2)7-9(11)5-6-10/h3-4,9,11H,2,5,7H2,1H3/b4-3+/t9-/m0/s1. The maximum Gasteiger partial charge on any atom is 0.0710 e. The van der Waals surface area contributed by atoms with Crippen molar-refractivity contribution in [2.45, 2.75) is 25.9 Å². The minimum absolute atomic E-state index is 0.177. The molecule has 0 aliphatic rings. The first-order valence-electron chi connectivity index (χ1n) is 3.56. The van der Waals surface area contributed by atoms with Crippen LogP contribution in [0, 0.1) is 11.3 Å². The summed E-state index contributed by atoms with van der Waals surface area (Å²) >= 11 is 0. The van der Waals surface area contributed by atoms with Gasteiger partial charge in [-0.3, -0.25) is 0 Å². The van der Waals surface area contributed by atoms with Gasteiger partial charge in [0.05, 0.1) is 18.6 Å². The lowest BCUT2D eigenvalue weighted by molar-refractivity contribution is 0.181. The van der Waals surface area contributed by atoms with Gasteiger partial charge in [-0.05, 0) is 13.3 Å². The van der Waals surface area contributed by atoms with E-state index in [1.165, 1.54) is 0 Å². The summed E-state index contributed by atoms with van der Waals surface area (Å²) in [5, 5.41) is 17.4. The fourth-order valence-corrected chi connectivity index (χ4v) is 0.784. The van der Waals surface area contributed by atoms with Gasteiger partial charge in [0.2, 0.25) is 0 Å². The van der Waals surface area contributed by atoms with Crippen LogP contribution in [0.25, 0.3) is 0 Å². The second-order valence-electron chi connectivity index (χ2n) is 2.38. The van der Waals surface area contributed by atoms with Crippen LogP contribution in [-0.4, -0.2) is 11.2 Å². The van der Waals surface area contributed by atoms with Crippen molar-refractivity contribution in [2.75, 3.05) is 0 Å². The first-order chi connectivity index (χ1) is 5.20. The molecule has 0 heterocycles. The van der Waals surface area contributed by atoms with E-state index in [4.69, 9.17) is 10.4 Å². The van der Waals surface area contributed by atoms with E-state index >= 15 is 0 Å². The molecule has 0 spiro atoms. The highest BCUT2D eigenvalue weighted by Gasteiger charge is 2.02. The van der Waals surface area contributed by atoms with Crippen molar-refractivity contribution in [1.29, 1.82) is 5.26 Å². The number of rotatable bonds is 4. The first-order valence-corrected chi connectivity index (χ1v) is 3.56. The molecule has 11 heavy (non-hydrogen) atoms. The number of hydrogen-bond acceptors (Lipinski definition) is 2. The zero-order chi connectivity index (χ0) is 8.69. The van der Waals surface area contributed by atoms with Crippen LogP contribution < -0.4 is 0 Å². The van der Waals surface area contributed by atoms with Crippen molar-refractivity contribution in [3.63, 3.8) is 0 Å². The van der Waals surface area contributed by atoms with Gasteiger partial charge in [-0.1, -0.05) is 24.3 Å². The average Bonchev–Trinajstić information content (AvgIpc) is 1.87. The molecule has 0 aliphatic carbocycles. The van der Waals surface area contributed by atoms with Crippen LogP contribution in [0.15, 0.2) is 24.3 Å². The summed E-state index contributed by atoms with van der Waals surface area (Å²) in [6.45, 7) is 5.60. The predicted molar refractivity (Wildman–Crippen MR) is 44.8 cm³/mol. The topological polar surface area (TPSA) is 44.0 Å². The Kier molecular flexibility index (Phi) is 5.14. The third kappa shape index (κ3) is 5.38. The molecule has 2 nitrogen and oxygen atoms in total. The Morgan fingerprint density at radius 1 is 1.82 bits per heavy atom. The van der Waals surface area contributed by atoms with E-state index in [1.54, 1.807) is 0 Å². The molecule has 1 atom stereocenters. The molecular weight excluding hydrogens is 138 g/mol. The van der Waals surface area contributed by atoms with Gasteiger partial charge < -0.3 is 5.11 Å². The molecule has 0 rings (SSSR count). The molecule has 0 radical (unpaired) electrons. The average molecular weight is 151 g/mol. The smallest absolute Gasteiger partial charge is 0.0710 e. The van der Waals surface area contributed by atoms with E-state index in [-0.39, 0.29) is 6.42 Å². The molecule has 0 aromatic rings. The van der Waals surface area contributed by atoms with Crippen LogP contribution in [0.4, 0.5) is 0 Å². The zero-order valence-electron chi connectivity index (χ0n) is 6.75. The summed E-state index contributed by atoms with van der Waals surface area (Å²) in [6.07, 6.45) is 3.79. The third-order valence-electron chi connectivity index (χ3n) is 1.23. The van der Waals surface area contributed by atoms with Gasteiger partial charge in [-0.25, -0.2) is 0 Å². The van der Waals surface area contributed by atoms with Crippen molar-refractivity contribution in [3.05, 3.63) is 24.3 Å². The number of nitrogens with zero attached hydrogens (tertiary/aromatic N) is 1. The summed E-state index contributed by atoms with van der Waals surface area (Å²) in [6, 6.07) is 1.90. The Bertz CT molecular complexity index is 188. The molecule has 1 N–H and O–H groups in total. The summed E-state index contributed by atoms with van der Waals surface area (Å²) in [7, 11) is 0. The maximum absolute atomic E-state index is 9.13. The van der Waals surface area contributed by atoms with E-state index in [1.807, 2.05) is 25.1 Å². The Balaban J connectivity index is 3.68. The molecule has 0 unspecified atom stereocenters. The zero-order valence-corrected chi connectivity index (χ0v) is 6.75. The van der Waals surface area contributed by atoms with Crippen molar-refractivity contribution in [2.24, 2.45) is 0 Å². The molecular formula is C9H13NO. The highest BCUT2D eigenvalue weighted by molar-refractivity contribution is 5.14. The van der Waals surface area contributed by atoms with Gasteiger partial charge in [0.25, 0.3) is 0 Å². The number of allylic oxidation sites excluding steroid dienone is 2. The first kappa shape index (κ1) is 9.93. The van der Waals surface area contributed by atoms with Gasteiger partial charge >= 0.3 is 0 Å². The summed E-state index contributed by atoms with van der Waals surface area (Å²) in [4.78, 5) is 0. The van der Waals surface area contributed by atoms with E-state index in [2.05, 4.69) is 6.58 Å². The summed E-state index contributed by atoms with van der Waals surface area (Å²) in [5.41, 5.74) is 0.857. The quantitative estimate of drug-likeness (QED) is 0.622. The molecule has 0 aliphatic heterocycles. The number of aliphatic hydroxyl groups is 1. The van der Waals surface area contributed by atoms with Gasteiger partial charge in [0.1, 0.15) is 0 Å². The molecule has 0 fully saturated rings. The Labute approximate surface area is 67.5 Å². The molecule has 0 bridgehead atoms. The van der Waals surface area contributed by atoms with Gasteiger partial charge in [-0.15, -0.1) is 0 Å². The number of nitriles is 1. The third-order valence-corrected chi connectivity index (χ3v) is 1.23. The molecule has 0 saturated heterocycles. The summed E-state index contributed by atoms with van der Waals surface area (Å²) < 4.78 is 0. The monoisotopic (exact) mass is 151 g/mol. The lowest BCUT2D eigenvalue weighted by Gasteiger charge is -2.04. The van der Waals surface area contributed by atoms with Crippen LogP contribution in [0.2, 0.25) is 0 Å². The van der Waals surface area contributed by atoms with Crippen molar-refractivity contribution >= 4 is 0 Å². The minimum Gasteiger partial charge on any atom is -0.392 e. The van der Waals surface area contributed by atoms with Gasteiger partial charge in [0, 0.05) is 0 Å². The van der Waals surface area contributed by atoms with E-state index < -0.39 is 6.10 Å². The van der Waals surface area contributed by atoms with Crippen LogP contribution >= 0.6 is 0 Å². The SMILES string of the molecule is C=C(/C=C/C)C[C@@H](O)CC#N. The number of hydrogen-bond donors (Lipinski definition) is 1. The molecule has 0 amide bonds. The highest BCUT2D eigenvalue weighted by atomic mass is 16.3. The Hall–Kier alpha value is -1.07. The maximum atomic E-state index is 9.13. The van der Waals surface area contributed by atoms with E-state index in [9.17, 15) is 0 Å². The van der Waals surface area contributed by atoms with Crippen molar-refractivity contribution < 1.29 is 5.11 Å². The second-order valence-corrected chi connectivity index (χ2v) is 2.38.